The van der Waals surface area contributed by atoms with Crippen molar-refractivity contribution < 1.29 is 42.5 Å². The van der Waals surface area contributed by atoms with Gasteiger partial charge in [-0.2, -0.15) is 0 Å². The molecule has 0 aromatic carbocycles. The Morgan fingerprint density at radius 2 is 1.82 bits per heavy atom. The molecule has 1 saturated heterocycles. The van der Waals surface area contributed by atoms with Crippen LogP contribution in [0.4, 0.5) is 0 Å². The average molecular weight is 475 g/mol. The third-order valence-corrected chi connectivity index (χ3v) is 7.84. The van der Waals surface area contributed by atoms with Gasteiger partial charge in [-0.15, -0.1) is 0 Å². The Labute approximate surface area is 197 Å². The first kappa shape index (κ1) is 24.0. The lowest BCUT2D eigenvalue weighted by Gasteiger charge is -2.61. The van der Waals surface area contributed by atoms with Gasteiger partial charge in [-0.1, -0.05) is 13.8 Å². The number of furan rings is 1. The Balaban J connectivity index is 1.88. The van der Waals surface area contributed by atoms with E-state index in [2.05, 4.69) is 0 Å². The SMILES string of the molecule is COC(=O)C1=C[C@H](OC(C)=O)[C@H](OC(C)=O)[C@@H]2[C@@]3(C)C[C@@H](c4ccoc4)OC(=O)[C@@H]3CC[C@@]12C. The van der Waals surface area contributed by atoms with Gasteiger partial charge in [0.1, 0.15) is 12.2 Å². The van der Waals surface area contributed by atoms with E-state index in [-0.39, 0.29) is 5.97 Å². The molecule has 0 radical (unpaired) electrons. The van der Waals surface area contributed by atoms with E-state index >= 15 is 0 Å². The third kappa shape index (κ3) is 3.80. The first-order chi connectivity index (χ1) is 16.0. The molecule has 1 aromatic rings. The van der Waals surface area contributed by atoms with E-state index in [1.54, 1.807) is 6.07 Å². The van der Waals surface area contributed by atoms with Crippen LogP contribution in [0.15, 0.2) is 34.7 Å². The molecule has 9 nitrogen and oxygen atoms in total. The lowest BCUT2D eigenvalue weighted by Crippen LogP contribution is -2.63. The van der Waals surface area contributed by atoms with Crippen molar-refractivity contribution in [3.63, 3.8) is 0 Å². The molecular weight excluding hydrogens is 444 g/mol. The van der Waals surface area contributed by atoms with Crippen molar-refractivity contribution in [1.82, 2.24) is 0 Å². The number of hydrogen-bond donors (Lipinski definition) is 0. The number of methoxy groups -OCH3 is 1. The molecule has 2 fully saturated rings. The van der Waals surface area contributed by atoms with Crippen molar-refractivity contribution >= 4 is 23.9 Å². The molecule has 1 saturated carbocycles. The fraction of sp³-hybridized carbons (Fsp3) is 0.600. The van der Waals surface area contributed by atoms with E-state index in [4.69, 9.17) is 23.4 Å². The van der Waals surface area contributed by atoms with Crippen molar-refractivity contribution in [2.45, 2.75) is 65.3 Å². The Bertz CT molecular complexity index is 1030. The normalized spacial score (nSPS) is 36.8. The summed E-state index contributed by atoms with van der Waals surface area (Å²) >= 11 is 0. The van der Waals surface area contributed by atoms with Gasteiger partial charge in [0.15, 0.2) is 6.10 Å². The minimum absolute atomic E-state index is 0.346. The molecule has 0 spiro atoms. The molecule has 4 rings (SSSR count). The highest BCUT2D eigenvalue weighted by Gasteiger charge is 2.66. The minimum atomic E-state index is -1.01. The van der Waals surface area contributed by atoms with Crippen molar-refractivity contribution in [2.75, 3.05) is 7.11 Å². The Morgan fingerprint density at radius 1 is 1.12 bits per heavy atom. The van der Waals surface area contributed by atoms with Gasteiger partial charge in [-0.3, -0.25) is 14.4 Å². The first-order valence-corrected chi connectivity index (χ1v) is 11.4. The molecule has 0 bridgehead atoms. The molecule has 0 N–H and O–H groups in total. The summed E-state index contributed by atoms with van der Waals surface area (Å²) in [6, 6.07) is 1.75. The number of carbonyl (C=O) groups excluding carboxylic acids is 4. The maximum Gasteiger partial charge on any atom is 0.334 e. The van der Waals surface area contributed by atoms with E-state index in [1.165, 1.54) is 39.6 Å². The van der Waals surface area contributed by atoms with E-state index in [0.717, 1.165) is 5.56 Å². The number of hydrogen-bond acceptors (Lipinski definition) is 9. The highest BCUT2D eigenvalue weighted by atomic mass is 16.6. The van der Waals surface area contributed by atoms with Crippen LogP contribution in [-0.4, -0.2) is 43.2 Å². The predicted octanol–water partition coefficient (Wildman–Crippen LogP) is 3.28. The van der Waals surface area contributed by atoms with Crippen LogP contribution in [0.5, 0.6) is 0 Å². The van der Waals surface area contributed by atoms with Gasteiger partial charge >= 0.3 is 23.9 Å². The molecule has 1 aromatic heterocycles. The molecule has 184 valence electrons. The second-order valence-electron chi connectivity index (χ2n) is 9.90. The van der Waals surface area contributed by atoms with Gasteiger partial charge < -0.3 is 23.4 Å². The minimum Gasteiger partial charge on any atom is -0.472 e. The number of ether oxygens (including phenoxy) is 4. The zero-order chi connectivity index (χ0) is 24.8. The largest absolute Gasteiger partial charge is 0.472 e. The number of cyclic esters (lactones) is 1. The van der Waals surface area contributed by atoms with Crippen LogP contribution in [-0.2, 0) is 38.1 Å². The second-order valence-corrected chi connectivity index (χ2v) is 9.90. The first-order valence-electron chi connectivity index (χ1n) is 11.4. The summed E-state index contributed by atoms with van der Waals surface area (Å²) in [5.74, 6) is -3.03. The van der Waals surface area contributed by atoms with Crippen LogP contribution in [0.25, 0.3) is 0 Å². The topological polar surface area (TPSA) is 118 Å². The molecule has 34 heavy (non-hydrogen) atoms. The zero-order valence-electron chi connectivity index (χ0n) is 20.0. The average Bonchev–Trinajstić information content (AvgIpc) is 3.28. The summed E-state index contributed by atoms with van der Waals surface area (Å²) in [6.45, 7) is 6.43. The van der Waals surface area contributed by atoms with E-state index in [9.17, 15) is 19.2 Å². The third-order valence-electron chi connectivity index (χ3n) is 7.84. The Hall–Kier alpha value is -3.10. The van der Waals surface area contributed by atoms with Gasteiger partial charge in [-0.05, 0) is 36.8 Å². The quantitative estimate of drug-likeness (QED) is 0.478. The molecule has 1 aliphatic heterocycles. The summed E-state index contributed by atoms with van der Waals surface area (Å²) in [6.07, 6.45) is 3.49. The Kier molecular flexibility index (Phi) is 6.08. The fourth-order valence-corrected chi connectivity index (χ4v) is 6.55. The number of rotatable bonds is 4. The monoisotopic (exact) mass is 474 g/mol. The standard InChI is InChI=1S/C25H30O9/c1-13(26)32-18-10-17(22(28)30-5)24(3)8-6-16-23(29)34-19(15-7-9-31-12-15)11-25(16,4)21(24)20(18)33-14(2)27/h7,9-10,12,16,18-21H,6,8,11H2,1-5H3/t16-,18-,19-,20-,21-,24-,25-/m0/s1. The smallest absolute Gasteiger partial charge is 0.334 e. The lowest BCUT2D eigenvalue weighted by atomic mass is 9.44. The van der Waals surface area contributed by atoms with Gasteiger partial charge in [0.25, 0.3) is 0 Å². The van der Waals surface area contributed by atoms with Crippen LogP contribution in [0.1, 0.15) is 58.6 Å². The molecular formula is C25H30O9. The van der Waals surface area contributed by atoms with Crippen LogP contribution in [0.2, 0.25) is 0 Å². The van der Waals surface area contributed by atoms with Crippen molar-refractivity contribution in [3.05, 3.63) is 35.8 Å². The Morgan fingerprint density at radius 3 is 2.41 bits per heavy atom. The van der Waals surface area contributed by atoms with Gasteiger partial charge in [0.2, 0.25) is 0 Å². The number of fused-ring (bicyclic) bond motifs is 3. The van der Waals surface area contributed by atoms with Crippen molar-refractivity contribution in [1.29, 1.82) is 0 Å². The molecule has 9 heteroatoms. The molecule has 2 aliphatic carbocycles. The second kappa shape index (κ2) is 8.60. The maximum atomic E-state index is 13.2. The highest BCUT2D eigenvalue weighted by Crippen LogP contribution is 2.65. The van der Waals surface area contributed by atoms with Crippen LogP contribution < -0.4 is 0 Å². The summed E-state index contributed by atoms with van der Waals surface area (Å²) in [5, 5.41) is 0. The maximum absolute atomic E-state index is 13.2. The number of esters is 4. The highest BCUT2D eigenvalue weighted by molar-refractivity contribution is 5.91. The van der Waals surface area contributed by atoms with Gasteiger partial charge in [0.05, 0.1) is 25.6 Å². The van der Waals surface area contributed by atoms with E-state index in [1.807, 2.05) is 13.8 Å². The summed E-state index contributed by atoms with van der Waals surface area (Å²) < 4.78 is 27.4. The fourth-order valence-electron chi connectivity index (χ4n) is 6.55. The van der Waals surface area contributed by atoms with Crippen LogP contribution in [0.3, 0.4) is 0 Å². The number of carbonyl (C=O) groups is 4. The van der Waals surface area contributed by atoms with Gasteiger partial charge in [0, 0.05) is 36.3 Å². The van der Waals surface area contributed by atoms with E-state index in [0.29, 0.717) is 24.8 Å². The molecule has 3 aliphatic rings. The predicted molar refractivity (Wildman–Crippen MR) is 116 cm³/mol. The molecule has 0 amide bonds. The van der Waals surface area contributed by atoms with Crippen molar-refractivity contribution in [3.8, 4) is 0 Å². The van der Waals surface area contributed by atoms with Crippen LogP contribution in [0, 0.1) is 22.7 Å². The molecule has 7 atom stereocenters. The van der Waals surface area contributed by atoms with Gasteiger partial charge in [-0.25, -0.2) is 4.79 Å². The van der Waals surface area contributed by atoms with E-state index < -0.39 is 58.9 Å². The van der Waals surface area contributed by atoms with Crippen molar-refractivity contribution in [2.24, 2.45) is 22.7 Å². The summed E-state index contributed by atoms with van der Waals surface area (Å²) in [4.78, 5) is 50.3. The molecule has 2 heterocycles. The molecule has 0 unspecified atom stereocenters. The zero-order valence-corrected chi connectivity index (χ0v) is 20.0. The summed E-state index contributed by atoms with van der Waals surface area (Å²) in [5.41, 5.74) is -0.474. The van der Waals surface area contributed by atoms with Crippen LogP contribution >= 0.6 is 0 Å². The lowest BCUT2D eigenvalue weighted by molar-refractivity contribution is -0.216. The summed E-state index contributed by atoms with van der Waals surface area (Å²) in [7, 11) is 1.29.